The molecule has 0 radical (unpaired) electrons. The first kappa shape index (κ1) is 20.6. The summed E-state index contributed by atoms with van der Waals surface area (Å²) in [5.41, 5.74) is 0.433. The molecule has 1 aromatic rings. The van der Waals surface area contributed by atoms with E-state index in [4.69, 9.17) is 0 Å². The van der Waals surface area contributed by atoms with Crippen molar-refractivity contribution < 1.29 is 13.3 Å². The average molecular weight is 423 g/mol. The van der Waals surface area contributed by atoms with E-state index in [9.17, 15) is 18.5 Å². The van der Waals surface area contributed by atoms with E-state index in [2.05, 4.69) is 16.7 Å². The van der Waals surface area contributed by atoms with Gasteiger partial charge in [-0.25, -0.2) is 8.42 Å². The van der Waals surface area contributed by atoms with Crippen LogP contribution in [0.25, 0.3) is 0 Å². The van der Waals surface area contributed by atoms with Crippen LogP contribution in [0.3, 0.4) is 0 Å². The van der Waals surface area contributed by atoms with E-state index in [0.717, 1.165) is 45.3 Å². The monoisotopic (exact) mass is 422 g/mol. The van der Waals surface area contributed by atoms with E-state index >= 15 is 0 Å². The molecule has 3 aliphatic heterocycles. The van der Waals surface area contributed by atoms with Gasteiger partial charge in [0.15, 0.2) is 0 Å². The van der Waals surface area contributed by atoms with Gasteiger partial charge < -0.3 is 4.90 Å². The van der Waals surface area contributed by atoms with Gasteiger partial charge in [0.2, 0.25) is 10.0 Å². The average Bonchev–Trinajstić information content (AvgIpc) is 3.40. The Bertz CT molecular complexity index is 861. The Morgan fingerprint density at radius 2 is 1.69 bits per heavy atom. The number of nitro groups is 1. The largest absolute Gasteiger partial charge is 0.370 e. The molecule has 0 aliphatic carbocycles. The molecule has 3 fully saturated rings. The lowest BCUT2D eigenvalue weighted by molar-refractivity contribution is -0.385. The van der Waals surface area contributed by atoms with Crippen LogP contribution < -0.4 is 4.90 Å². The summed E-state index contributed by atoms with van der Waals surface area (Å²) in [7, 11) is -3.74. The normalized spacial score (nSPS) is 25.0. The minimum atomic E-state index is -3.74. The molecule has 3 aliphatic rings. The third kappa shape index (κ3) is 4.00. The lowest BCUT2D eigenvalue weighted by Crippen LogP contribution is -2.46. The highest BCUT2D eigenvalue weighted by atomic mass is 32.2. The van der Waals surface area contributed by atoms with E-state index in [-0.39, 0.29) is 10.6 Å². The predicted octanol–water partition coefficient (Wildman–Crippen LogP) is 2.83. The number of sulfonamides is 1. The molecule has 3 heterocycles. The Balaban J connectivity index is 1.59. The van der Waals surface area contributed by atoms with E-state index in [0.29, 0.717) is 30.9 Å². The molecule has 8 nitrogen and oxygen atoms in total. The number of non-ortho nitro benzene ring substituents is 1. The van der Waals surface area contributed by atoms with Gasteiger partial charge in [-0.05, 0) is 58.1 Å². The van der Waals surface area contributed by atoms with Crippen molar-refractivity contribution in [1.82, 2.24) is 9.21 Å². The second-order valence-corrected chi connectivity index (χ2v) is 10.4. The number of piperidine rings is 1. The molecule has 0 aromatic heterocycles. The zero-order chi connectivity index (χ0) is 20.6. The highest BCUT2D eigenvalue weighted by molar-refractivity contribution is 7.89. The number of benzene rings is 1. The van der Waals surface area contributed by atoms with Crippen molar-refractivity contribution in [3.05, 3.63) is 28.3 Å². The number of likely N-dealkylation sites (tertiary alicyclic amines) is 1. The van der Waals surface area contributed by atoms with Gasteiger partial charge >= 0.3 is 0 Å². The van der Waals surface area contributed by atoms with Gasteiger partial charge in [0, 0.05) is 50.4 Å². The first-order valence-electron chi connectivity index (χ1n) is 10.7. The van der Waals surface area contributed by atoms with E-state index in [1.54, 1.807) is 6.07 Å². The zero-order valence-electron chi connectivity index (χ0n) is 17.0. The van der Waals surface area contributed by atoms with Crippen molar-refractivity contribution in [3.8, 4) is 0 Å². The fourth-order valence-corrected chi connectivity index (χ4v) is 6.84. The van der Waals surface area contributed by atoms with Gasteiger partial charge in [-0.15, -0.1) is 0 Å². The Morgan fingerprint density at radius 3 is 2.28 bits per heavy atom. The molecular formula is C20H30N4O4S. The Labute approximate surface area is 172 Å². The fraction of sp³-hybridized carbons (Fsp3) is 0.700. The number of rotatable bonds is 5. The van der Waals surface area contributed by atoms with Crippen molar-refractivity contribution in [2.45, 2.75) is 62.4 Å². The van der Waals surface area contributed by atoms with Gasteiger partial charge in [-0.2, -0.15) is 4.31 Å². The standard InChI is InChI=1S/C20H30N4O4S/c1-16-5-4-12-23(16)17-8-13-21(14-9-17)19-7-6-18(24(25)26)15-20(19)29(27,28)22-10-2-3-11-22/h6-7,15-17H,2-5,8-14H2,1H3. The Kier molecular flexibility index (Phi) is 5.81. The molecule has 160 valence electrons. The molecule has 0 spiro atoms. The smallest absolute Gasteiger partial charge is 0.270 e. The van der Waals surface area contributed by atoms with Crippen molar-refractivity contribution in [2.75, 3.05) is 37.6 Å². The van der Waals surface area contributed by atoms with Gasteiger partial charge in [0.05, 0.1) is 10.6 Å². The predicted molar refractivity (Wildman–Crippen MR) is 112 cm³/mol. The van der Waals surface area contributed by atoms with Crippen LogP contribution in [0, 0.1) is 10.1 Å². The minimum absolute atomic E-state index is 0.0848. The van der Waals surface area contributed by atoms with Crippen molar-refractivity contribution in [3.63, 3.8) is 0 Å². The highest BCUT2D eigenvalue weighted by Crippen LogP contribution is 2.35. The summed E-state index contributed by atoms with van der Waals surface area (Å²) in [6, 6.07) is 5.46. The molecule has 0 N–H and O–H groups in total. The van der Waals surface area contributed by atoms with Gasteiger partial charge in [0.1, 0.15) is 4.90 Å². The molecule has 1 atom stereocenters. The highest BCUT2D eigenvalue weighted by Gasteiger charge is 2.35. The summed E-state index contributed by atoms with van der Waals surface area (Å²) in [6.45, 7) is 5.95. The topological polar surface area (TPSA) is 87.0 Å². The summed E-state index contributed by atoms with van der Waals surface area (Å²) < 4.78 is 28.0. The maximum atomic E-state index is 13.3. The molecular weight excluding hydrogens is 392 g/mol. The van der Waals surface area contributed by atoms with Crippen LogP contribution in [0.2, 0.25) is 0 Å². The van der Waals surface area contributed by atoms with Crippen LogP contribution in [0.5, 0.6) is 0 Å². The van der Waals surface area contributed by atoms with Crippen LogP contribution in [-0.2, 0) is 10.0 Å². The molecule has 29 heavy (non-hydrogen) atoms. The molecule has 1 unspecified atom stereocenters. The van der Waals surface area contributed by atoms with Crippen molar-refractivity contribution in [1.29, 1.82) is 0 Å². The molecule has 0 saturated carbocycles. The maximum absolute atomic E-state index is 13.3. The van der Waals surface area contributed by atoms with Crippen molar-refractivity contribution in [2.24, 2.45) is 0 Å². The number of hydrogen-bond donors (Lipinski definition) is 0. The van der Waals surface area contributed by atoms with Crippen LogP contribution in [0.15, 0.2) is 23.1 Å². The Hall–Kier alpha value is -1.71. The summed E-state index contributed by atoms with van der Waals surface area (Å²) in [6.07, 6.45) is 6.16. The van der Waals surface area contributed by atoms with Gasteiger partial charge in [0.25, 0.3) is 5.69 Å². The summed E-state index contributed by atoms with van der Waals surface area (Å²) in [4.78, 5) is 15.5. The number of nitrogens with zero attached hydrogens (tertiary/aromatic N) is 4. The zero-order valence-corrected chi connectivity index (χ0v) is 17.8. The third-order valence-electron chi connectivity index (χ3n) is 6.72. The first-order valence-corrected chi connectivity index (χ1v) is 12.1. The molecule has 4 rings (SSSR count). The molecule has 3 saturated heterocycles. The van der Waals surface area contributed by atoms with Crippen LogP contribution >= 0.6 is 0 Å². The fourth-order valence-electron chi connectivity index (χ4n) is 5.09. The summed E-state index contributed by atoms with van der Waals surface area (Å²) >= 11 is 0. The van der Waals surface area contributed by atoms with E-state index < -0.39 is 14.9 Å². The number of nitro benzene ring substituents is 1. The molecule has 0 bridgehead atoms. The minimum Gasteiger partial charge on any atom is -0.370 e. The van der Waals surface area contributed by atoms with Crippen LogP contribution in [0.4, 0.5) is 11.4 Å². The second-order valence-electron chi connectivity index (χ2n) is 8.47. The SMILES string of the molecule is CC1CCCN1C1CCN(c2ccc([N+](=O)[O-])cc2S(=O)(=O)N2CCCC2)CC1. The van der Waals surface area contributed by atoms with Crippen LogP contribution in [0.1, 0.15) is 45.4 Å². The van der Waals surface area contributed by atoms with Gasteiger partial charge in [-0.1, -0.05) is 0 Å². The maximum Gasteiger partial charge on any atom is 0.270 e. The Morgan fingerprint density at radius 1 is 1.00 bits per heavy atom. The van der Waals surface area contributed by atoms with Crippen molar-refractivity contribution >= 4 is 21.4 Å². The lowest BCUT2D eigenvalue weighted by atomic mass is 10.0. The molecule has 0 amide bonds. The molecule has 1 aromatic carbocycles. The van der Waals surface area contributed by atoms with E-state index in [1.807, 2.05) is 0 Å². The first-order chi connectivity index (χ1) is 13.9. The second kappa shape index (κ2) is 8.20. The van der Waals surface area contributed by atoms with E-state index in [1.165, 1.54) is 29.3 Å². The summed E-state index contributed by atoms with van der Waals surface area (Å²) in [5.74, 6) is 0. The summed E-state index contributed by atoms with van der Waals surface area (Å²) in [5, 5.41) is 11.3. The van der Waals surface area contributed by atoms with Gasteiger partial charge in [-0.3, -0.25) is 15.0 Å². The van der Waals surface area contributed by atoms with Crippen LogP contribution in [-0.4, -0.2) is 67.4 Å². The lowest BCUT2D eigenvalue weighted by Gasteiger charge is -2.40. The molecule has 9 heteroatoms. The number of hydrogen-bond acceptors (Lipinski definition) is 6. The number of anilines is 1. The quantitative estimate of drug-likeness (QED) is 0.536. The third-order valence-corrected chi connectivity index (χ3v) is 8.64.